The molecule has 2 aromatic rings. The zero-order valence-corrected chi connectivity index (χ0v) is 19.5. The number of nitrogens with one attached hydrogen (secondary N) is 1. The molecule has 158 valence electrons. The number of rotatable bonds is 4. The molecule has 0 aliphatic carbocycles. The Morgan fingerprint density at radius 2 is 1.80 bits per heavy atom. The molecule has 2 aliphatic rings. The van der Waals surface area contributed by atoms with Crippen LogP contribution >= 0.6 is 39.1 Å². The van der Waals surface area contributed by atoms with Crippen LogP contribution in [0.25, 0.3) is 0 Å². The van der Waals surface area contributed by atoms with Gasteiger partial charge in [0, 0.05) is 34.0 Å². The van der Waals surface area contributed by atoms with E-state index in [1.54, 1.807) is 12.1 Å². The normalized spacial score (nSPS) is 22.2. The molecule has 2 heterocycles. The largest absolute Gasteiger partial charge is 0.329 e. The van der Waals surface area contributed by atoms with Crippen molar-refractivity contribution in [3.8, 4) is 0 Å². The fourth-order valence-electron chi connectivity index (χ4n) is 4.04. The van der Waals surface area contributed by atoms with Gasteiger partial charge in [0.2, 0.25) is 0 Å². The second-order valence-corrected chi connectivity index (χ2v) is 9.50. The smallest absolute Gasteiger partial charge is 0.317 e. The van der Waals surface area contributed by atoms with E-state index in [1.165, 1.54) is 6.42 Å². The van der Waals surface area contributed by atoms with E-state index < -0.39 is 0 Å². The van der Waals surface area contributed by atoms with Gasteiger partial charge in [0.25, 0.3) is 0 Å². The number of hydrogen-bond acceptors (Lipinski definition) is 3. The third-order valence-corrected chi connectivity index (χ3v) is 6.77. The highest BCUT2D eigenvalue weighted by Gasteiger charge is 2.34. The van der Waals surface area contributed by atoms with Gasteiger partial charge in [0.05, 0.1) is 18.1 Å². The standard InChI is InChI=1S/C22H23BrCl2N4O/c23-15-6-4-14(5-7-15)19-13-20(28-27-19)21(17-9-8-16(24)12-18(17)25)26-22(30)29-10-2-1-3-11-29/h4-9,12,19-21H,1-3,10-11,13H2,(H,26,30). The summed E-state index contributed by atoms with van der Waals surface area (Å²) in [4.78, 5) is 14.8. The molecule has 1 saturated heterocycles. The van der Waals surface area contributed by atoms with Crippen molar-refractivity contribution < 1.29 is 4.79 Å². The molecule has 0 aromatic heterocycles. The van der Waals surface area contributed by atoms with Crippen LogP contribution in [-0.4, -0.2) is 30.1 Å². The Balaban J connectivity index is 1.56. The van der Waals surface area contributed by atoms with E-state index in [-0.39, 0.29) is 24.2 Å². The van der Waals surface area contributed by atoms with E-state index in [0.717, 1.165) is 41.5 Å². The number of azo groups is 1. The van der Waals surface area contributed by atoms with Crippen LogP contribution in [-0.2, 0) is 0 Å². The van der Waals surface area contributed by atoms with E-state index in [4.69, 9.17) is 23.2 Å². The lowest BCUT2D eigenvalue weighted by Gasteiger charge is -2.31. The summed E-state index contributed by atoms with van der Waals surface area (Å²) in [7, 11) is 0. The lowest BCUT2D eigenvalue weighted by molar-refractivity contribution is 0.180. The van der Waals surface area contributed by atoms with Crippen LogP contribution in [0, 0.1) is 0 Å². The molecule has 2 amide bonds. The molecule has 0 spiro atoms. The van der Waals surface area contributed by atoms with Crippen LogP contribution in [0.15, 0.2) is 57.2 Å². The van der Waals surface area contributed by atoms with Crippen molar-refractivity contribution in [1.82, 2.24) is 10.2 Å². The Kier molecular flexibility index (Phi) is 6.96. The van der Waals surface area contributed by atoms with Crippen molar-refractivity contribution in [2.45, 2.75) is 43.8 Å². The summed E-state index contributed by atoms with van der Waals surface area (Å²) in [6.07, 6.45) is 3.94. The van der Waals surface area contributed by atoms with Gasteiger partial charge in [-0.2, -0.15) is 10.2 Å². The molecule has 3 atom stereocenters. The van der Waals surface area contributed by atoms with E-state index in [9.17, 15) is 4.79 Å². The van der Waals surface area contributed by atoms with Gasteiger partial charge in [-0.05, 0) is 54.7 Å². The Morgan fingerprint density at radius 3 is 2.50 bits per heavy atom. The number of nitrogens with zero attached hydrogens (tertiary/aromatic N) is 3. The first-order valence-electron chi connectivity index (χ1n) is 10.2. The maximum atomic E-state index is 13.0. The lowest BCUT2D eigenvalue weighted by Crippen LogP contribution is -2.46. The van der Waals surface area contributed by atoms with Crippen molar-refractivity contribution in [1.29, 1.82) is 0 Å². The molecule has 30 heavy (non-hydrogen) atoms. The predicted molar refractivity (Wildman–Crippen MR) is 123 cm³/mol. The van der Waals surface area contributed by atoms with Gasteiger partial charge in [-0.3, -0.25) is 0 Å². The van der Waals surface area contributed by atoms with Gasteiger partial charge in [-0.15, -0.1) is 0 Å². The maximum Gasteiger partial charge on any atom is 0.317 e. The number of halogens is 3. The highest BCUT2D eigenvalue weighted by Crippen LogP contribution is 2.38. The van der Waals surface area contributed by atoms with Crippen LogP contribution in [0.4, 0.5) is 4.79 Å². The number of benzene rings is 2. The van der Waals surface area contributed by atoms with Gasteiger partial charge in [0.1, 0.15) is 0 Å². The molecule has 2 aromatic carbocycles. The van der Waals surface area contributed by atoms with E-state index in [2.05, 4.69) is 31.5 Å². The van der Waals surface area contributed by atoms with Gasteiger partial charge in [-0.1, -0.05) is 57.3 Å². The quantitative estimate of drug-likeness (QED) is 0.475. The number of carbonyl (C=O) groups excluding carboxylic acids is 1. The van der Waals surface area contributed by atoms with Crippen LogP contribution in [0.5, 0.6) is 0 Å². The number of carbonyl (C=O) groups is 1. The Labute approximate surface area is 195 Å². The molecular weight excluding hydrogens is 487 g/mol. The first-order chi connectivity index (χ1) is 14.5. The number of hydrogen-bond donors (Lipinski definition) is 1. The summed E-state index contributed by atoms with van der Waals surface area (Å²) >= 11 is 16.1. The summed E-state index contributed by atoms with van der Waals surface area (Å²) in [6, 6.07) is 12.8. The SMILES string of the molecule is O=C(NC(c1ccc(Cl)cc1Cl)C1CC(c2ccc(Br)cc2)N=N1)N1CCCCC1. The number of amides is 2. The lowest BCUT2D eigenvalue weighted by atomic mass is 9.93. The average molecular weight is 510 g/mol. The molecule has 4 rings (SSSR count). The van der Waals surface area contributed by atoms with Crippen molar-refractivity contribution in [2.24, 2.45) is 10.2 Å². The highest BCUT2D eigenvalue weighted by atomic mass is 79.9. The van der Waals surface area contributed by atoms with Crippen molar-refractivity contribution in [3.63, 3.8) is 0 Å². The Hall–Kier alpha value is -1.63. The molecule has 2 aliphatic heterocycles. The number of likely N-dealkylation sites (tertiary alicyclic amines) is 1. The van der Waals surface area contributed by atoms with Crippen LogP contribution in [0.1, 0.15) is 48.9 Å². The van der Waals surface area contributed by atoms with Gasteiger partial charge < -0.3 is 10.2 Å². The Morgan fingerprint density at radius 1 is 1.07 bits per heavy atom. The van der Waals surface area contributed by atoms with Crippen molar-refractivity contribution >= 4 is 45.2 Å². The average Bonchev–Trinajstić information content (AvgIpc) is 3.23. The molecule has 0 saturated carbocycles. The number of urea groups is 1. The van der Waals surface area contributed by atoms with Gasteiger partial charge >= 0.3 is 6.03 Å². The summed E-state index contributed by atoms with van der Waals surface area (Å²) in [6.45, 7) is 1.56. The zero-order chi connectivity index (χ0) is 21.1. The first kappa shape index (κ1) is 21.6. The minimum absolute atomic E-state index is 0.0384. The van der Waals surface area contributed by atoms with E-state index in [1.807, 2.05) is 35.2 Å². The summed E-state index contributed by atoms with van der Waals surface area (Å²) in [5.74, 6) is 0. The molecule has 8 heteroatoms. The van der Waals surface area contributed by atoms with Crippen LogP contribution in [0.2, 0.25) is 10.0 Å². The highest BCUT2D eigenvalue weighted by molar-refractivity contribution is 9.10. The fourth-order valence-corrected chi connectivity index (χ4v) is 4.83. The van der Waals surface area contributed by atoms with E-state index in [0.29, 0.717) is 16.5 Å². The fraction of sp³-hybridized carbons (Fsp3) is 0.409. The monoisotopic (exact) mass is 508 g/mol. The maximum absolute atomic E-state index is 13.0. The second kappa shape index (κ2) is 9.67. The molecule has 1 N–H and O–H groups in total. The number of piperidine rings is 1. The molecular formula is C22H23BrCl2N4O. The molecule has 0 radical (unpaired) electrons. The Bertz CT molecular complexity index is 931. The van der Waals surface area contributed by atoms with Crippen LogP contribution < -0.4 is 5.32 Å². The molecule has 5 nitrogen and oxygen atoms in total. The third kappa shape index (κ3) is 4.98. The van der Waals surface area contributed by atoms with Gasteiger partial charge in [0.15, 0.2) is 0 Å². The molecule has 1 fully saturated rings. The predicted octanol–water partition coefficient (Wildman–Crippen LogP) is 6.96. The summed E-state index contributed by atoms with van der Waals surface area (Å²) in [5.41, 5.74) is 1.92. The van der Waals surface area contributed by atoms with E-state index >= 15 is 0 Å². The molecule has 0 bridgehead atoms. The molecule has 3 unspecified atom stereocenters. The van der Waals surface area contributed by atoms with Gasteiger partial charge in [-0.25, -0.2) is 4.79 Å². The van der Waals surface area contributed by atoms with Crippen molar-refractivity contribution in [3.05, 3.63) is 68.1 Å². The van der Waals surface area contributed by atoms with Crippen molar-refractivity contribution in [2.75, 3.05) is 13.1 Å². The van der Waals surface area contributed by atoms with Crippen LogP contribution in [0.3, 0.4) is 0 Å². The summed E-state index contributed by atoms with van der Waals surface area (Å²) < 4.78 is 1.03. The topological polar surface area (TPSA) is 57.1 Å². The zero-order valence-electron chi connectivity index (χ0n) is 16.4. The minimum Gasteiger partial charge on any atom is -0.329 e. The first-order valence-corrected chi connectivity index (χ1v) is 11.7. The minimum atomic E-state index is -0.367. The summed E-state index contributed by atoms with van der Waals surface area (Å²) in [5, 5.41) is 13.3. The second-order valence-electron chi connectivity index (χ2n) is 7.74. The third-order valence-electron chi connectivity index (χ3n) is 5.68.